The topological polar surface area (TPSA) is 0 Å². The molecule has 0 amide bonds. The zero-order chi connectivity index (χ0) is 12.1. The summed E-state index contributed by atoms with van der Waals surface area (Å²) in [5.41, 5.74) is 5.39. The predicted octanol–water partition coefficient (Wildman–Crippen LogP) is 4.76. The Balaban J connectivity index is 2.19. The molecule has 0 bridgehead atoms. The lowest BCUT2D eigenvalue weighted by Gasteiger charge is -2.21. The van der Waals surface area contributed by atoms with Crippen molar-refractivity contribution in [3.05, 3.63) is 76.7 Å². The molecule has 2 aromatic rings. The fourth-order valence-electron chi connectivity index (χ4n) is 3.01. The van der Waals surface area contributed by atoms with Gasteiger partial charge in [-0.15, -0.1) is 0 Å². The molecule has 0 aromatic heterocycles. The zero-order valence-corrected chi connectivity index (χ0v) is 10.3. The highest BCUT2D eigenvalue weighted by Crippen LogP contribution is 2.43. The smallest absolute Gasteiger partial charge is 0.0593 e. The fraction of sp³-hybridized carbons (Fsp3) is 0.0556. The van der Waals surface area contributed by atoms with Gasteiger partial charge in [0.15, 0.2) is 0 Å². The van der Waals surface area contributed by atoms with Crippen LogP contribution in [0.5, 0.6) is 0 Å². The highest BCUT2D eigenvalue weighted by molar-refractivity contribution is 6.02. The molecule has 2 aromatic carbocycles. The van der Waals surface area contributed by atoms with Crippen LogP contribution in [-0.2, 0) is 0 Å². The van der Waals surface area contributed by atoms with E-state index in [2.05, 4.69) is 67.6 Å². The molecule has 0 aliphatic heterocycles. The summed E-state index contributed by atoms with van der Waals surface area (Å²) in [7, 11) is 0. The molecule has 0 radical (unpaired) electrons. The zero-order valence-electron chi connectivity index (χ0n) is 10.3. The van der Waals surface area contributed by atoms with Crippen molar-refractivity contribution in [2.75, 3.05) is 0 Å². The Morgan fingerprint density at radius 3 is 2.78 bits per heavy atom. The van der Waals surface area contributed by atoms with Gasteiger partial charge in [0.05, 0.1) is 22.4 Å². The fourth-order valence-corrected chi connectivity index (χ4v) is 3.01. The summed E-state index contributed by atoms with van der Waals surface area (Å²) in [4.78, 5) is 0. The van der Waals surface area contributed by atoms with E-state index in [9.17, 15) is 0 Å². The van der Waals surface area contributed by atoms with Crippen LogP contribution >= 0.6 is 0 Å². The quantitative estimate of drug-likeness (QED) is 0.571. The minimum Gasteiger partial charge on any atom is -0.0593 e. The van der Waals surface area contributed by atoms with E-state index in [0.29, 0.717) is 0 Å². The van der Waals surface area contributed by atoms with E-state index >= 15 is 0 Å². The van der Waals surface area contributed by atoms with Crippen LogP contribution in [0.4, 0.5) is 0 Å². The third-order valence-electron chi connectivity index (χ3n) is 3.87. The molecule has 4 rings (SSSR count). The molecule has 18 heavy (non-hydrogen) atoms. The Kier molecular flexibility index (Phi) is 1.84. The van der Waals surface area contributed by atoms with Gasteiger partial charge in [-0.1, -0.05) is 6.07 Å². The molecule has 0 unspecified atom stereocenters. The molecule has 0 saturated carbocycles. The summed E-state index contributed by atoms with van der Waals surface area (Å²) in [6.07, 6.45) is 11.1. The van der Waals surface area contributed by atoms with Crippen LogP contribution in [0.1, 0.15) is 23.6 Å². The number of rotatable bonds is 0. The van der Waals surface area contributed by atoms with Crippen molar-refractivity contribution in [1.29, 1.82) is 0 Å². The third-order valence-corrected chi connectivity index (χ3v) is 3.87. The SMILES string of the molecule is C/C=C1\C=Cc2ccc3cccc4c3c2[C+]1C=C4. The molecule has 84 valence electrons. The van der Waals surface area contributed by atoms with Gasteiger partial charge in [-0.3, -0.25) is 0 Å². The van der Waals surface area contributed by atoms with Crippen LogP contribution in [0.15, 0.2) is 54.1 Å². The summed E-state index contributed by atoms with van der Waals surface area (Å²) in [6, 6.07) is 11.0. The van der Waals surface area contributed by atoms with E-state index in [4.69, 9.17) is 0 Å². The van der Waals surface area contributed by atoms with Gasteiger partial charge < -0.3 is 0 Å². The maximum Gasteiger partial charge on any atom is 0.0814 e. The highest BCUT2D eigenvalue weighted by atomic mass is 14.3. The Morgan fingerprint density at radius 2 is 1.89 bits per heavy atom. The Morgan fingerprint density at radius 1 is 0.944 bits per heavy atom. The Hall–Kier alpha value is -2.21. The second kappa shape index (κ2) is 3.39. The maximum absolute atomic E-state index is 2.25. The van der Waals surface area contributed by atoms with Gasteiger partial charge in [0, 0.05) is 34.7 Å². The summed E-state index contributed by atoms with van der Waals surface area (Å²) >= 11 is 0. The molecule has 0 heteroatoms. The molecule has 0 heterocycles. The van der Waals surface area contributed by atoms with Crippen molar-refractivity contribution < 1.29 is 0 Å². The third kappa shape index (κ3) is 1.12. The molecule has 2 aliphatic carbocycles. The Labute approximate surface area is 107 Å². The molecule has 0 fully saturated rings. The van der Waals surface area contributed by atoms with Crippen molar-refractivity contribution in [2.45, 2.75) is 6.92 Å². The first-order valence-electron chi connectivity index (χ1n) is 6.34. The molecular weight excluding hydrogens is 216 g/mol. The van der Waals surface area contributed by atoms with Crippen LogP contribution in [0.25, 0.3) is 22.9 Å². The normalized spacial score (nSPS) is 17.8. The van der Waals surface area contributed by atoms with E-state index in [-0.39, 0.29) is 0 Å². The number of hydrogen-bond donors (Lipinski definition) is 0. The molecule has 2 aliphatic rings. The van der Waals surface area contributed by atoms with Crippen LogP contribution in [-0.4, -0.2) is 0 Å². The van der Waals surface area contributed by atoms with E-state index in [0.717, 1.165) is 0 Å². The number of benzene rings is 2. The molecule has 0 atom stereocenters. The van der Waals surface area contributed by atoms with Gasteiger partial charge in [0.2, 0.25) is 0 Å². The second-order valence-electron chi connectivity index (χ2n) is 4.80. The monoisotopic (exact) mass is 229 g/mol. The average Bonchev–Trinajstić information content (AvgIpc) is 2.44. The Bertz CT molecular complexity index is 742. The first-order chi connectivity index (χ1) is 8.88. The van der Waals surface area contributed by atoms with Crippen molar-refractivity contribution in [3.8, 4) is 0 Å². The van der Waals surface area contributed by atoms with E-state index < -0.39 is 0 Å². The van der Waals surface area contributed by atoms with Gasteiger partial charge in [0.25, 0.3) is 0 Å². The van der Waals surface area contributed by atoms with Gasteiger partial charge in [0.1, 0.15) is 0 Å². The lowest BCUT2D eigenvalue weighted by Crippen LogP contribution is -2.09. The van der Waals surface area contributed by atoms with Crippen LogP contribution < -0.4 is 0 Å². The van der Waals surface area contributed by atoms with E-state index in [1.807, 2.05) is 0 Å². The largest absolute Gasteiger partial charge is 0.0814 e. The summed E-state index contributed by atoms with van der Waals surface area (Å²) < 4.78 is 0. The second-order valence-corrected chi connectivity index (χ2v) is 4.80. The minimum absolute atomic E-state index is 1.32. The number of allylic oxidation sites excluding steroid dienone is 4. The van der Waals surface area contributed by atoms with Crippen LogP contribution in [0.2, 0.25) is 0 Å². The van der Waals surface area contributed by atoms with Gasteiger partial charge in [-0.2, -0.15) is 0 Å². The molecule has 0 saturated heterocycles. The molecular formula is C18H13+. The molecule has 0 N–H and O–H groups in total. The summed E-state index contributed by atoms with van der Waals surface area (Å²) in [5.74, 6) is 1.36. The van der Waals surface area contributed by atoms with Crippen molar-refractivity contribution in [1.82, 2.24) is 0 Å². The minimum atomic E-state index is 1.32. The first kappa shape index (κ1) is 9.78. The van der Waals surface area contributed by atoms with Crippen molar-refractivity contribution >= 4 is 22.9 Å². The predicted molar refractivity (Wildman–Crippen MR) is 78.1 cm³/mol. The van der Waals surface area contributed by atoms with Crippen LogP contribution in [0.3, 0.4) is 0 Å². The number of hydrogen-bond acceptors (Lipinski definition) is 0. The summed E-state index contributed by atoms with van der Waals surface area (Å²) in [5, 5.41) is 2.73. The molecule has 0 spiro atoms. The summed E-state index contributed by atoms with van der Waals surface area (Å²) in [6.45, 7) is 2.10. The maximum atomic E-state index is 2.25. The lowest BCUT2D eigenvalue weighted by molar-refractivity contribution is 1.27. The van der Waals surface area contributed by atoms with Crippen molar-refractivity contribution in [2.24, 2.45) is 0 Å². The average molecular weight is 229 g/mol. The van der Waals surface area contributed by atoms with Crippen LogP contribution in [0, 0.1) is 5.92 Å². The highest BCUT2D eigenvalue weighted by Gasteiger charge is 2.30. The van der Waals surface area contributed by atoms with E-state index in [1.54, 1.807) is 0 Å². The van der Waals surface area contributed by atoms with Gasteiger partial charge in [-0.25, -0.2) is 0 Å². The molecule has 0 nitrogen and oxygen atoms in total. The standard InChI is InChI=1S/C18H13/c1-2-12-6-7-15-9-8-13-4-3-5-14-10-11-16(12)18(15)17(13)14/h2-11H,1H3/q+1/b12-2+. The van der Waals surface area contributed by atoms with Crippen molar-refractivity contribution in [3.63, 3.8) is 0 Å². The van der Waals surface area contributed by atoms with E-state index in [1.165, 1.54) is 39.0 Å². The first-order valence-corrected chi connectivity index (χ1v) is 6.34. The van der Waals surface area contributed by atoms with Gasteiger partial charge in [-0.05, 0) is 43.3 Å². The van der Waals surface area contributed by atoms with Gasteiger partial charge >= 0.3 is 0 Å². The lowest BCUT2D eigenvalue weighted by atomic mass is 9.76.